The number of halogens is 1. The molecular weight excluding hydrogens is 218 g/mol. The first kappa shape index (κ1) is 13.5. The fourth-order valence-electron chi connectivity index (χ4n) is 1.66. The van der Waals surface area contributed by atoms with Crippen LogP contribution in [0.3, 0.4) is 0 Å². The Labute approximate surface area is 104 Å². The van der Waals surface area contributed by atoms with Gasteiger partial charge in [0.2, 0.25) is 0 Å². The lowest BCUT2D eigenvalue weighted by atomic mass is 10.1. The predicted octanol–water partition coefficient (Wildman–Crippen LogP) is 3.47. The third kappa shape index (κ3) is 5.53. The SMILES string of the molecule is CC(C)CCNC(CCl)Cc1ccccc1. The van der Waals surface area contributed by atoms with Gasteiger partial charge in [-0.15, -0.1) is 11.6 Å². The van der Waals surface area contributed by atoms with Crippen LogP contribution in [0.15, 0.2) is 30.3 Å². The van der Waals surface area contributed by atoms with Crippen molar-refractivity contribution < 1.29 is 0 Å². The van der Waals surface area contributed by atoms with Gasteiger partial charge in [0.1, 0.15) is 0 Å². The molecule has 1 nitrogen and oxygen atoms in total. The lowest BCUT2D eigenvalue weighted by Gasteiger charge is -2.16. The van der Waals surface area contributed by atoms with E-state index in [1.54, 1.807) is 0 Å². The first-order chi connectivity index (χ1) is 7.72. The van der Waals surface area contributed by atoms with Gasteiger partial charge in [0.05, 0.1) is 0 Å². The summed E-state index contributed by atoms with van der Waals surface area (Å²) in [7, 11) is 0. The van der Waals surface area contributed by atoms with Crippen LogP contribution in [-0.4, -0.2) is 18.5 Å². The highest BCUT2D eigenvalue weighted by Gasteiger charge is 2.07. The molecule has 1 unspecified atom stereocenters. The van der Waals surface area contributed by atoms with Crippen molar-refractivity contribution in [3.8, 4) is 0 Å². The lowest BCUT2D eigenvalue weighted by molar-refractivity contribution is 0.488. The summed E-state index contributed by atoms with van der Waals surface area (Å²) in [6, 6.07) is 10.9. The number of hydrogen-bond donors (Lipinski definition) is 1. The first-order valence-electron chi connectivity index (χ1n) is 6.05. The van der Waals surface area contributed by atoms with Gasteiger partial charge >= 0.3 is 0 Å². The summed E-state index contributed by atoms with van der Waals surface area (Å²) >= 11 is 5.97. The van der Waals surface area contributed by atoms with E-state index in [4.69, 9.17) is 11.6 Å². The molecule has 0 radical (unpaired) electrons. The van der Waals surface area contributed by atoms with Crippen LogP contribution in [-0.2, 0) is 6.42 Å². The molecule has 0 bridgehead atoms. The van der Waals surface area contributed by atoms with Gasteiger partial charge in [-0.25, -0.2) is 0 Å². The molecule has 16 heavy (non-hydrogen) atoms. The fourth-order valence-corrected chi connectivity index (χ4v) is 1.87. The molecule has 1 rings (SSSR count). The number of nitrogens with one attached hydrogen (secondary N) is 1. The summed E-state index contributed by atoms with van der Waals surface area (Å²) in [6.07, 6.45) is 2.23. The maximum Gasteiger partial charge on any atom is 0.0380 e. The van der Waals surface area contributed by atoms with E-state index in [9.17, 15) is 0 Å². The minimum Gasteiger partial charge on any atom is -0.312 e. The third-order valence-corrected chi connectivity index (χ3v) is 3.04. The Morgan fingerprint density at radius 3 is 2.44 bits per heavy atom. The average molecular weight is 240 g/mol. The molecule has 0 saturated heterocycles. The van der Waals surface area contributed by atoms with Gasteiger partial charge in [0, 0.05) is 11.9 Å². The van der Waals surface area contributed by atoms with Crippen molar-refractivity contribution in [2.24, 2.45) is 5.92 Å². The van der Waals surface area contributed by atoms with E-state index in [1.807, 2.05) is 6.07 Å². The molecule has 1 atom stereocenters. The molecule has 0 aliphatic carbocycles. The molecule has 0 fully saturated rings. The van der Waals surface area contributed by atoms with Crippen molar-refractivity contribution in [2.75, 3.05) is 12.4 Å². The fraction of sp³-hybridized carbons (Fsp3) is 0.571. The quantitative estimate of drug-likeness (QED) is 0.719. The molecule has 90 valence electrons. The largest absolute Gasteiger partial charge is 0.312 e. The maximum absolute atomic E-state index is 5.97. The van der Waals surface area contributed by atoms with Gasteiger partial charge in [0.25, 0.3) is 0 Å². The number of alkyl halides is 1. The van der Waals surface area contributed by atoms with Gasteiger partial charge in [-0.05, 0) is 30.9 Å². The molecule has 0 amide bonds. The summed E-state index contributed by atoms with van der Waals surface area (Å²) in [6.45, 7) is 5.55. The average Bonchev–Trinajstić information content (AvgIpc) is 2.28. The molecule has 0 aromatic heterocycles. The molecule has 2 heteroatoms. The summed E-state index contributed by atoms with van der Waals surface area (Å²) in [4.78, 5) is 0. The molecule has 0 heterocycles. The number of hydrogen-bond acceptors (Lipinski definition) is 1. The normalized spacial score (nSPS) is 13.0. The van der Waals surface area contributed by atoms with Gasteiger partial charge in [-0.2, -0.15) is 0 Å². The van der Waals surface area contributed by atoms with Crippen molar-refractivity contribution in [3.05, 3.63) is 35.9 Å². The van der Waals surface area contributed by atoms with Crippen LogP contribution in [0.25, 0.3) is 0 Å². The second-order valence-corrected chi connectivity index (χ2v) is 4.99. The zero-order chi connectivity index (χ0) is 11.8. The summed E-state index contributed by atoms with van der Waals surface area (Å²) < 4.78 is 0. The predicted molar refractivity (Wildman–Crippen MR) is 72.1 cm³/mol. The monoisotopic (exact) mass is 239 g/mol. The highest BCUT2D eigenvalue weighted by molar-refractivity contribution is 6.18. The lowest BCUT2D eigenvalue weighted by Crippen LogP contribution is -2.34. The zero-order valence-electron chi connectivity index (χ0n) is 10.2. The molecule has 0 spiro atoms. The van der Waals surface area contributed by atoms with Crippen LogP contribution in [0, 0.1) is 5.92 Å². The molecular formula is C14H22ClN. The Morgan fingerprint density at radius 1 is 1.19 bits per heavy atom. The summed E-state index contributed by atoms with van der Waals surface area (Å²) in [5.74, 6) is 1.42. The van der Waals surface area contributed by atoms with E-state index >= 15 is 0 Å². The second-order valence-electron chi connectivity index (χ2n) is 4.68. The molecule has 0 saturated carbocycles. The standard InChI is InChI=1S/C14H22ClN/c1-12(2)8-9-16-14(11-15)10-13-6-4-3-5-7-13/h3-7,12,14,16H,8-11H2,1-2H3. The highest BCUT2D eigenvalue weighted by Crippen LogP contribution is 2.05. The van der Waals surface area contributed by atoms with Crippen LogP contribution in [0.2, 0.25) is 0 Å². The second kappa shape index (κ2) is 7.70. The van der Waals surface area contributed by atoms with E-state index in [2.05, 4.69) is 43.4 Å². The molecule has 1 aromatic carbocycles. The molecule has 1 N–H and O–H groups in total. The maximum atomic E-state index is 5.97. The van der Waals surface area contributed by atoms with E-state index in [-0.39, 0.29) is 0 Å². The molecule has 0 aliphatic rings. The van der Waals surface area contributed by atoms with Crippen LogP contribution >= 0.6 is 11.6 Å². The zero-order valence-corrected chi connectivity index (χ0v) is 11.0. The van der Waals surface area contributed by atoms with Crippen LogP contribution < -0.4 is 5.32 Å². The van der Waals surface area contributed by atoms with Crippen LogP contribution in [0.5, 0.6) is 0 Å². The Kier molecular flexibility index (Phi) is 6.51. The van der Waals surface area contributed by atoms with Crippen LogP contribution in [0.4, 0.5) is 0 Å². The summed E-state index contributed by atoms with van der Waals surface area (Å²) in [5.41, 5.74) is 1.35. The van der Waals surface area contributed by atoms with Crippen LogP contribution in [0.1, 0.15) is 25.8 Å². The highest BCUT2D eigenvalue weighted by atomic mass is 35.5. The first-order valence-corrected chi connectivity index (χ1v) is 6.59. The molecule has 1 aromatic rings. The Bertz CT molecular complexity index is 271. The summed E-state index contributed by atoms with van der Waals surface area (Å²) in [5, 5.41) is 3.52. The topological polar surface area (TPSA) is 12.0 Å². The van der Waals surface area contributed by atoms with Gasteiger partial charge < -0.3 is 5.32 Å². The van der Waals surface area contributed by atoms with Crippen molar-refractivity contribution in [3.63, 3.8) is 0 Å². The van der Waals surface area contributed by atoms with Gasteiger partial charge in [0.15, 0.2) is 0 Å². The minimum absolute atomic E-state index is 0.391. The van der Waals surface area contributed by atoms with E-state index in [0.717, 1.165) is 18.9 Å². The van der Waals surface area contributed by atoms with Crippen molar-refractivity contribution in [1.29, 1.82) is 0 Å². The smallest absolute Gasteiger partial charge is 0.0380 e. The Morgan fingerprint density at radius 2 is 1.88 bits per heavy atom. The third-order valence-electron chi connectivity index (χ3n) is 2.67. The van der Waals surface area contributed by atoms with Crippen molar-refractivity contribution >= 4 is 11.6 Å². The number of rotatable bonds is 7. The van der Waals surface area contributed by atoms with Gasteiger partial charge in [-0.3, -0.25) is 0 Å². The van der Waals surface area contributed by atoms with E-state index in [1.165, 1.54) is 12.0 Å². The van der Waals surface area contributed by atoms with Gasteiger partial charge in [-0.1, -0.05) is 44.2 Å². The van der Waals surface area contributed by atoms with E-state index < -0.39 is 0 Å². The number of benzene rings is 1. The Balaban J connectivity index is 2.32. The molecule has 0 aliphatic heterocycles. The van der Waals surface area contributed by atoms with Crippen molar-refractivity contribution in [2.45, 2.75) is 32.7 Å². The minimum atomic E-state index is 0.391. The Hall–Kier alpha value is -0.530. The van der Waals surface area contributed by atoms with Crippen molar-refractivity contribution in [1.82, 2.24) is 5.32 Å². The van der Waals surface area contributed by atoms with E-state index in [0.29, 0.717) is 11.9 Å².